The van der Waals surface area contributed by atoms with Crippen LogP contribution in [0.1, 0.15) is 16.7 Å². The average Bonchev–Trinajstić information content (AvgIpc) is 3.11. The Balaban J connectivity index is 1.32. The maximum Gasteiger partial charge on any atom is 0.231 e. The minimum atomic E-state index is 0.315. The van der Waals surface area contributed by atoms with Crippen molar-refractivity contribution in [2.75, 3.05) is 33.0 Å². The van der Waals surface area contributed by atoms with Gasteiger partial charge in [-0.3, -0.25) is 0 Å². The van der Waals surface area contributed by atoms with E-state index in [1.54, 1.807) is 9.80 Å². The first-order valence-corrected chi connectivity index (χ1v) is 9.75. The third-order valence-corrected chi connectivity index (χ3v) is 5.92. The second kappa shape index (κ2) is 7.67. The Hall–Kier alpha value is -2.07. The van der Waals surface area contributed by atoms with Crippen molar-refractivity contribution >= 4 is 15.9 Å². The fourth-order valence-corrected chi connectivity index (χ4v) is 4.12. The molecule has 2 aromatic carbocycles. The number of rotatable bonds is 4. The Bertz CT molecular complexity index is 824. The van der Waals surface area contributed by atoms with Gasteiger partial charge in [-0.25, -0.2) is 0 Å². The molecule has 0 aliphatic carbocycles. The number of quaternary nitrogens is 2. The molecule has 1 saturated heterocycles. The second-order valence-corrected chi connectivity index (χ2v) is 7.81. The molecule has 5 nitrogen and oxygen atoms in total. The molecule has 2 heterocycles. The second-order valence-electron chi connectivity index (χ2n) is 6.96. The van der Waals surface area contributed by atoms with Crippen LogP contribution < -0.4 is 19.3 Å². The van der Waals surface area contributed by atoms with Crippen LogP contribution in [0.25, 0.3) is 0 Å². The van der Waals surface area contributed by atoms with E-state index in [0.29, 0.717) is 6.79 Å². The zero-order chi connectivity index (χ0) is 17.9. The molecule has 6 heteroatoms. The summed E-state index contributed by atoms with van der Waals surface area (Å²) in [5.41, 5.74) is 3.31. The van der Waals surface area contributed by atoms with Gasteiger partial charge in [0.1, 0.15) is 39.3 Å². The number of piperazine rings is 1. The van der Waals surface area contributed by atoms with Crippen molar-refractivity contribution < 1.29 is 19.3 Å². The van der Waals surface area contributed by atoms with E-state index in [-0.39, 0.29) is 0 Å². The number of halogens is 1. The van der Waals surface area contributed by atoms with Gasteiger partial charge in [-0.15, -0.1) is 0 Å². The molecule has 2 aliphatic rings. The standard InChI is InChI=1S/C20H20BrN3O2/c21-18-10-20-19(25-14-26-20)9-17(18)13-24-7-5-23(6-8-24)12-16-3-1-15(11-22)2-4-16/h1-4,9-10H,5-8,12-14H2/p+2. The average molecular weight is 416 g/mol. The van der Waals surface area contributed by atoms with E-state index >= 15 is 0 Å². The Morgan fingerprint density at radius 1 is 0.923 bits per heavy atom. The highest BCUT2D eigenvalue weighted by molar-refractivity contribution is 9.10. The lowest BCUT2D eigenvalue weighted by Gasteiger charge is -2.30. The van der Waals surface area contributed by atoms with Crippen LogP contribution in [0.3, 0.4) is 0 Å². The Morgan fingerprint density at radius 3 is 2.19 bits per heavy atom. The lowest BCUT2D eigenvalue weighted by Crippen LogP contribution is -3.27. The van der Waals surface area contributed by atoms with Gasteiger partial charge in [0.2, 0.25) is 6.79 Å². The van der Waals surface area contributed by atoms with Crippen LogP contribution in [-0.4, -0.2) is 33.0 Å². The van der Waals surface area contributed by atoms with Crippen LogP contribution in [0.2, 0.25) is 0 Å². The third-order valence-electron chi connectivity index (χ3n) is 5.18. The minimum Gasteiger partial charge on any atom is -0.454 e. The SMILES string of the molecule is N#Cc1ccc(C[NH+]2CC[NH+](Cc3cc4c(cc3Br)OCO4)CC2)cc1. The van der Waals surface area contributed by atoms with Crippen LogP contribution >= 0.6 is 15.9 Å². The van der Waals surface area contributed by atoms with Crippen LogP contribution in [0.5, 0.6) is 11.5 Å². The zero-order valence-electron chi connectivity index (χ0n) is 14.6. The summed E-state index contributed by atoms with van der Waals surface area (Å²) in [6.45, 7) is 7.00. The van der Waals surface area contributed by atoms with Gasteiger partial charge < -0.3 is 19.3 Å². The number of nitrogens with one attached hydrogen (secondary N) is 2. The van der Waals surface area contributed by atoms with Gasteiger partial charge in [0, 0.05) is 15.6 Å². The van der Waals surface area contributed by atoms with Crippen molar-refractivity contribution in [2.45, 2.75) is 13.1 Å². The lowest BCUT2D eigenvalue weighted by molar-refractivity contribution is -1.02. The van der Waals surface area contributed by atoms with Gasteiger partial charge in [0.05, 0.1) is 11.6 Å². The van der Waals surface area contributed by atoms with Crippen molar-refractivity contribution in [2.24, 2.45) is 0 Å². The maximum atomic E-state index is 8.90. The molecule has 0 aromatic heterocycles. The highest BCUT2D eigenvalue weighted by atomic mass is 79.9. The van der Waals surface area contributed by atoms with Gasteiger partial charge in [-0.1, -0.05) is 28.1 Å². The van der Waals surface area contributed by atoms with Gasteiger partial charge in [0.25, 0.3) is 0 Å². The van der Waals surface area contributed by atoms with E-state index in [1.807, 2.05) is 18.2 Å². The van der Waals surface area contributed by atoms with Gasteiger partial charge in [-0.2, -0.15) is 5.26 Å². The summed E-state index contributed by atoms with van der Waals surface area (Å²) in [4.78, 5) is 3.22. The molecule has 0 atom stereocenters. The molecule has 0 radical (unpaired) electrons. The smallest absolute Gasteiger partial charge is 0.231 e. The van der Waals surface area contributed by atoms with Crippen molar-refractivity contribution in [3.63, 3.8) is 0 Å². The fourth-order valence-electron chi connectivity index (χ4n) is 3.66. The molecule has 1 fully saturated rings. The van der Waals surface area contributed by atoms with E-state index in [9.17, 15) is 0 Å². The topological polar surface area (TPSA) is 51.1 Å². The van der Waals surface area contributed by atoms with Crippen molar-refractivity contribution in [1.82, 2.24) is 0 Å². The zero-order valence-corrected chi connectivity index (χ0v) is 16.1. The van der Waals surface area contributed by atoms with Crippen LogP contribution in [0.15, 0.2) is 40.9 Å². The predicted octanol–water partition coefficient (Wildman–Crippen LogP) is 0.533. The summed E-state index contributed by atoms with van der Waals surface area (Å²) >= 11 is 3.67. The molecular weight excluding hydrogens is 394 g/mol. The number of benzene rings is 2. The summed E-state index contributed by atoms with van der Waals surface area (Å²) < 4.78 is 12.0. The van der Waals surface area contributed by atoms with Gasteiger partial charge in [0.15, 0.2) is 11.5 Å². The first-order chi connectivity index (χ1) is 12.7. The third kappa shape index (κ3) is 3.85. The predicted molar refractivity (Wildman–Crippen MR) is 100 cm³/mol. The number of nitriles is 1. The number of fused-ring (bicyclic) bond motifs is 1. The van der Waals surface area contributed by atoms with Gasteiger partial charge in [-0.05, 0) is 24.3 Å². The fraction of sp³-hybridized carbons (Fsp3) is 0.350. The summed E-state index contributed by atoms with van der Waals surface area (Å²) in [5.74, 6) is 1.68. The van der Waals surface area contributed by atoms with Crippen LogP contribution in [0.4, 0.5) is 0 Å². The monoisotopic (exact) mass is 415 g/mol. The Kier molecular flexibility index (Phi) is 5.11. The molecule has 134 valence electrons. The first kappa shape index (κ1) is 17.3. The molecule has 0 saturated carbocycles. The Morgan fingerprint density at radius 2 is 1.54 bits per heavy atom. The van der Waals surface area contributed by atoms with E-state index in [4.69, 9.17) is 14.7 Å². The Labute approximate surface area is 161 Å². The number of nitrogens with zero attached hydrogens (tertiary/aromatic N) is 1. The molecule has 0 amide bonds. The van der Waals surface area contributed by atoms with Crippen LogP contribution in [0, 0.1) is 11.3 Å². The summed E-state index contributed by atoms with van der Waals surface area (Å²) in [6.07, 6.45) is 0. The number of hydrogen-bond acceptors (Lipinski definition) is 3. The summed E-state index contributed by atoms with van der Waals surface area (Å²) in [5, 5.41) is 8.90. The van der Waals surface area contributed by atoms with E-state index in [1.165, 1.54) is 11.1 Å². The normalized spacial score (nSPS) is 21.4. The van der Waals surface area contributed by atoms with E-state index < -0.39 is 0 Å². The number of hydrogen-bond donors (Lipinski definition) is 2. The van der Waals surface area contributed by atoms with Crippen molar-refractivity contribution in [3.8, 4) is 17.6 Å². The van der Waals surface area contributed by atoms with E-state index in [2.05, 4.69) is 40.2 Å². The molecule has 4 rings (SSSR count). The quantitative estimate of drug-likeness (QED) is 0.765. The highest BCUT2D eigenvalue weighted by Crippen LogP contribution is 2.36. The highest BCUT2D eigenvalue weighted by Gasteiger charge is 2.25. The molecule has 0 unspecified atom stereocenters. The molecule has 0 bridgehead atoms. The summed E-state index contributed by atoms with van der Waals surface area (Å²) in [7, 11) is 0. The largest absolute Gasteiger partial charge is 0.454 e. The minimum absolute atomic E-state index is 0.315. The molecular formula is C20H22BrN3O2+2. The lowest BCUT2D eigenvalue weighted by atomic mass is 10.1. The van der Waals surface area contributed by atoms with Crippen molar-refractivity contribution in [3.05, 3.63) is 57.6 Å². The van der Waals surface area contributed by atoms with E-state index in [0.717, 1.165) is 60.8 Å². The molecule has 2 aromatic rings. The molecule has 0 spiro atoms. The van der Waals surface area contributed by atoms with Gasteiger partial charge >= 0.3 is 0 Å². The molecule has 2 aliphatic heterocycles. The maximum absolute atomic E-state index is 8.90. The van der Waals surface area contributed by atoms with Crippen molar-refractivity contribution in [1.29, 1.82) is 5.26 Å². The summed E-state index contributed by atoms with van der Waals surface area (Å²) in [6, 6.07) is 14.3. The number of ether oxygens (including phenoxy) is 2. The first-order valence-electron chi connectivity index (χ1n) is 8.95. The molecule has 2 N–H and O–H groups in total. The van der Waals surface area contributed by atoms with Crippen LogP contribution in [-0.2, 0) is 13.1 Å². The molecule has 26 heavy (non-hydrogen) atoms.